The van der Waals surface area contributed by atoms with Gasteiger partial charge in [0.25, 0.3) is 5.91 Å². The molecule has 1 aliphatic rings. The molecule has 0 saturated heterocycles. The van der Waals surface area contributed by atoms with Gasteiger partial charge in [-0.2, -0.15) is 0 Å². The van der Waals surface area contributed by atoms with E-state index >= 15 is 0 Å². The highest BCUT2D eigenvalue weighted by molar-refractivity contribution is 6.03. The predicted octanol–water partition coefficient (Wildman–Crippen LogP) is 5.28. The minimum Gasteiger partial charge on any atom is -0.507 e. The normalized spacial score (nSPS) is 19.2. The first-order chi connectivity index (χ1) is 18.4. The molecule has 0 spiro atoms. The van der Waals surface area contributed by atoms with Crippen LogP contribution >= 0.6 is 0 Å². The maximum atomic E-state index is 14.9. The van der Waals surface area contributed by atoms with Crippen LogP contribution in [0.15, 0.2) is 48.8 Å². The van der Waals surface area contributed by atoms with Crippen LogP contribution in [0.4, 0.5) is 10.1 Å². The molecular weight excluding hydrogens is 487 g/mol. The largest absolute Gasteiger partial charge is 0.507 e. The summed E-state index contributed by atoms with van der Waals surface area (Å²) in [5.41, 5.74) is 8.11. The third kappa shape index (κ3) is 6.65. The number of phenolic OH excluding ortho intramolecular Hbond substituents is 1. The number of anilines is 1. The molecule has 0 radical (unpaired) electrons. The number of hydrogen-bond acceptors (Lipinski definition) is 7. The molecule has 2 aromatic heterocycles. The fourth-order valence-electron chi connectivity index (χ4n) is 5.28. The summed E-state index contributed by atoms with van der Waals surface area (Å²) in [5.74, 6) is -0.556. The maximum Gasteiger partial charge on any atom is 0.274 e. The third-order valence-corrected chi connectivity index (χ3v) is 6.92. The Kier molecular flexibility index (Phi) is 9.25. The van der Waals surface area contributed by atoms with Crippen LogP contribution in [0.3, 0.4) is 0 Å². The number of nitrogens with two attached hydrogens (primary N) is 1. The minimum absolute atomic E-state index is 0.0840. The van der Waals surface area contributed by atoms with Crippen molar-refractivity contribution >= 4 is 11.6 Å². The molecule has 1 fully saturated rings. The number of carbonyl (C=O) groups is 1. The quantitative estimate of drug-likeness (QED) is 0.310. The first kappa shape index (κ1) is 27.5. The van der Waals surface area contributed by atoms with E-state index in [0.717, 1.165) is 37.7 Å². The molecule has 3 unspecified atom stereocenters. The minimum atomic E-state index is -0.715. The van der Waals surface area contributed by atoms with Crippen molar-refractivity contribution in [2.45, 2.75) is 51.0 Å². The average molecular weight is 523 g/mol. The van der Waals surface area contributed by atoms with Gasteiger partial charge in [0.15, 0.2) is 0 Å². The first-order valence-electron chi connectivity index (χ1n) is 13.0. The first-order valence-corrected chi connectivity index (χ1v) is 13.0. The van der Waals surface area contributed by atoms with E-state index in [0.29, 0.717) is 18.2 Å². The molecule has 1 aliphatic carbocycles. The molecule has 3 atom stereocenters. The van der Waals surface area contributed by atoms with Crippen molar-refractivity contribution in [1.82, 2.24) is 9.97 Å². The van der Waals surface area contributed by atoms with Crippen molar-refractivity contribution in [3.8, 4) is 22.8 Å². The Bertz CT molecular complexity index is 1230. The number of phenols is 1. The number of aromatic nitrogens is 2. The van der Waals surface area contributed by atoms with E-state index in [1.165, 1.54) is 25.3 Å². The molecule has 8 nitrogen and oxygen atoms in total. The number of carbonyl (C=O) groups excluding carboxylic acids is 1. The van der Waals surface area contributed by atoms with Crippen molar-refractivity contribution in [3.05, 3.63) is 65.9 Å². The third-order valence-electron chi connectivity index (χ3n) is 6.92. The number of rotatable bonds is 10. The van der Waals surface area contributed by atoms with Gasteiger partial charge in [0, 0.05) is 31.5 Å². The fraction of sp³-hybridized carbons (Fsp3) is 0.414. The molecule has 0 bridgehead atoms. The summed E-state index contributed by atoms with van der Waals surface area (Å²) >= 11 is 0. The molecule has 1 aromatic carbocycles. The number of pyridine rings is 2. The lowest BCUT2D eigenvalue weighted by molar-refractivity contribution is 0.102. The average Bonchev–Trinajstić information content (AvgIpc) is 2.89. The lowest BCUT2D eigenvalue weighted by atomic mass is 9.74. The van der Waals surface area contributed by atoms with Crippen LogP contribution < -0.4 is 15.8 Å². The number of benzene rings is 1. The van der Waals surface area contributed by atoms with Crippen LogP contribution in [0.5, 0.6) is 11.5 Å². The Labute approximate surface area is 222 Å². The van der Waals surface area contributed by atoms with Gasteiger partial charge in [0.1, 0.15) is 29.6 Å². The number of nitrogens with one attached hydrogen (secondary N) is 1. The Morgan fingerprint density at radius 1 is 1.21 bits per heavy atom. The molecule has 1 amide bonds. The Morgan fingerprint density at radius 3 is 2.82 bits per heavy atom. The maximum absolute atomic E-state index is 14.9. The standard InChI is InChI=1S/C29H35FN4O4/c1-3-5-18-12-19(14-20(31)13-18)22-8-9-32-17-26(22)34-29(36)25-7-4-6-24(33-25)28-23(30)15-21(16-27(28)35)38-11-10-37-2/h4,6-9,15-20,35H,3,5,10-14,31H2,1-2H3,(H,34,36). The van der Waals surface area contributed by atoms with Gasteiger partial charge in [-0.1, -0.05) is 25.8 Å². The molecular formula is C29H35FN4O4. The number of aromatic hydroxyl groups is 1. The van der Waals surface area contributed by atoms with Gasteiger partial charge in [-0.25, -0.2) is 9.37 Å². The van der Waals surface area contributed by atoms with Crippen molar-refractivity contribution in [1.29, 1.82) is 0 Å². The topological polar surface area (TPSA) is 120 Å². The number of methoxy groups -OCH3 is 1. The van der Waals surface area contributed by atoms with Crippen LogP contribution in [0.2, 0.25) is 0 Å². The second-order valence-corrected chi connectivity index (χ2v) is 9.78. The van der Waals surface area contributed by atoms with Gasteiger partial charge < -0.3 is 25.6 Å². The summed E-state index contributed by atoms with van der Waals surface area (Å²) < 4.78 is 25.2. The number of amides is 1. The summed E-state index contributed by atoms with van der Waals surface area (Å²) in [5, 5.41) is 13.4. The molecule has 3 aromatic rings. The van der Waals surface area contributed by atoms with Gasteiger partial charge in [-0.3, -0.25) is 9.78 Å². The number of nitrogens with zero attached hydrogens (tertiary/aromatic N) is 2. The number of hydrogen-bond donors (Lipinski definition) is 3. The van der Waals surface area contributed by atoms with Crippen molar-refractivity contribution in [3.63, 3.8) is 0 Å². The van der Waals surface area contributed by atoms with Crippen LogP contribution in [-0.4, -0.2) is 47.3 Å². The predicted molar refractivity (Wildman–Crippen MR) is 144 cm³/mol. The van der Waals surface area contributed by atoms with Crippen LogP contribution in [0.25, 0.3) is 11.3 Å². The molecule has 38 heavy (non-hydrogen) atoms. The summed E-state index contributed by atoms with van der Waals surface area (Å²) in [4.78, 5) is 21.8. The highest BCUT2D eigenvalue weighted by Crippen LogP contribution is 2.40. The van der Waals surface area contributed by atoms with Gasteiger partial charge in [-0.15, -0.1) is 0 Å². The lowest BCUT2D eigenvalue weighted by Crippen LogP contribution is -2.32. The number of halogens is 1. The van der Waals surface area contributed by atoms with E-state index < -0.39 is 11.7 Å². The molecule has 9 heteroatoms. The van der Waals surface area contributed by atoms with Gasteiger partial charge >= 0.3 is 0 Å². The Hall–Kier alpha value is -3.56. The molecule has 202 valence electrons. The van der Waals surface area contributed by atoms with Gasteiger partial charge in [0.2, 0.25) is 0 Å². The lowest BCUT2D eigenvalue weighted by Gasteiger charge is -2.34. The zero-order valence-electron chi connectivity index (χ0n) is 21.8. The zero-order chi connectivity index (χ0) is 27.1. The molecule has 1 saturated carbocycles. The Morgan fingerprint density at radius 2 is 2.05 bits per heavy atom. The summed E-state index contributed by atoms with van der Waals surface area (Å²) in [7, 11) is 1.53. The SMILES string of the molecule is CCCC1CC(N)CC(c2ccncc2NC(=O)c2cccc(-c3c(O)cc(OCCOC)cc3F)n2)C1. The van der Waals surface area contributed by atoms with Gasteiger partial charge in [-0.05, 0) is 54.9 Å². The summed E-state index contributed by atoms with van der Waals surface area (Å²) in [6.45, 7) is 2.73. The summed E-state index contributed by atoms with van der Waals surface area (Å²) in [6.07, 6.45) is 8.52. The van der Waals surface area contributed by atoms with E-state index in [9.17, 15) is 14.3 Å². The van der Waals surface area contributed by atoms with Crippen LogP contribution in [0.1, 0.15) is 61.0 Å². The fourth-order valence-corrected chi connectivity index (χ4v) is 5.28. The Balaban J connectivity index is 1.54. The molecule has 4 rings (SSSR count). The van der Waals surface area contributed by atoms with Crippen LogP contribution in [0, 0.1) is 11.7 Å². The van der Waals surface area contributed by atoms with Crippen molar-refractivity contribution in [2.24, 2.45) is 11.7 Å². The van der Waals surface area contributed by atoms with E-state index in [1.807, 2.05) is 6.07 Å². The summed E-state index contributed by atoms with van der Waals surface area (Å²) in [6, 6.07) is 9.22. The van der Waals surface area contributed by atoms with E-state index in [-0.39, 0.29) is 47.0 Å². The van der Waals surface area contributed by atoms with Gasteiger partial charge in [0.05, 0.1) is 29.7 Å². The van der Waals surface area contributed by atoms with E-state index in [2.05, 4.69) is 22.2 Å². The van der Waals surface area contributed by atoms with Crippen LogP contribution in [-0.2, 0) is 4.74 Å². The van der Waals surface area contributed by atoms with Crippen molar-refractivity contribution < 1.29 is 23.8 Å². The highest BCUT2D eigenvalue weighted by Gasteiger charge is 2.29. The van der Waals surface area contributed by atoms with Crippen molar-refractivity contribution in [2.75, 3.05) is 25.6 Å². The van der Waals surface area contributed by atoms with E-state index in [1.54, 1.807) is 24.5 Å². The monoisotopic (exact) mass is 522 g/mol. The van der Waals surface area contributed by atoms with E-state index in [4.69, 9.17) is 15.2 Å². The smallest absolute Gasteiger partial charge is 0.274 e. The highest BCUT2D eigenvalue weighted by atomic mass is 19.1. The second-order valence-electron chi connectivity index (χ2n) is 9.78. The molecule has 2 heterocycles. The second kappa shape index (κ2) is 12.8. The number of ether oxygens (including phenoxy) is 2. The zero-order valence-corrected chi connectivity index (χ0v) is 21.8. The molecule has 0 aliphatic heterocycles. The molecule has 4 N–H and O–H groups in total.